The number of nitriles is 1. The molecule has 0 spiro atoms. The number of hydrogen-bond acceptors (Lipinski definition) is 3. The van der Waals surface area contributed by atoms with E-state index in [1.54, 1.807) is 6.07 Å². The SMILES string of the molecule is Cc1cc(Oc2cc(Br)ccc2C)c(C#N)c(C)n1. The second kappa shape index (κ2) is 5.41. The van der Waals surface area contributed by atoms with E-state index in [0.717, 1.165) is 21.5 Å². The monoisotopic (exact) mass is 316 g/mol. The number of hydrogen-bond donors (Lipinski definition) is 0. The predicted molar refractivity (Wildman–Crippen MR) is 77.4 cm³/mol. The van der Waals surface area contributed by atoms with Gasteiger partial charge in [-0.2, -0.15) is 5.26 Å². The van der Waals surface area contributed by atoms with E-state index in [0.29, 0.717) is 17.0 Å². The van der Waals surface area contributed by atoms with Crippen LogP contribution in [-0.4, -0.2) is 4.98 Å². The third-order valence-corrected chi connectivity index (χ3v) is 3.27. The molecule has 0 bridgehead atoms. The fourth-order valence-corrected chi connectivity index (χ4v) is 2.15. The largest absolute Gasteiger partial charge is 0.456 e. The number of pyridine rings is 1. The Balaban J connectivity index is 2.49. The summed E-state index contributed by atoms with van der Waals surface area (Å²) in [4.78, 5) is 4.27. The molecule has 1 heterocycles. The van der Waals surface area contributed by atoms with E-state index in [2.05, 4.69) is 27.0 Å². The molecule has 0 fully saturated rings. The van der Waals surface area contributed by atoms with E-state index in [4.69, 9.17) is 4.74 Å². The summed E-state index contributed by atoms with van der Waals surface area (Å²) in [5.41, 5.74) is 3.01. The molecular weight excluding hydrogens is 304 g/mol. The molecule has 0 saturated heterocycles. The van der Waals surface area contributed by atoms with Crippen molar-refractivity contribution >= 4 is 15.9 Å². The van der Waals surface area contributed by atoms with Crippen LogP contribution in [0.2, 0.25) is 0 Å². The van der Waals surface area contributed by atoms with Crippen molar-refractivity contribution in [2.45, 2.75) is 20.8 Å². The minimum absolute atomic E-state index is 0.477. The van der Waals surface area contributed by atoms with Gasteiger partial charge in [0, 0.05) is 16.2 Å². The van der Waals surface area contributed by atoms with Gasteiger partial charge in [0.25, 0.3) is 0 Å². The summed E-state index contributed by atoms with van der Waals surface area (Å²) < 4.78 is 6.82. The van der Waals surface area contributed by atoms with E-state index in [-0.39, 0.29) is 0 Å². The highest BCUT2D eigenvalue weighted by Crippen LogP contribution is 2.31. The molecule has 1 aromatic heterocycles. The Morgan fingerprint density at radius 1 is 1.16 bits per heavy atom. The van der Waals surface area contributed by atoms with Gasteiger partial charge in [0.1, 0.15) is 23.1 Å². The first-order valence-electron chi connectivity index (χ1n) is 5.83. The van der Waals surface area contributed by atoms with Crippen molar-refractivity contribution in [3.8, 4) is 17.6 Å². The van der Waals surface area contributed by atoms with E-state index in [1.165, 1.54) is 0 Å². The molecule has 0 saturated carbocycles. The van der Waals surface area contributed by atoms with Crippen LogP contribution in [0, 0.1) is 32.1 Å². The Bertz CT molecular complexity index is 675. The molecule has 0 aliphatic rings. The van der Waals surface area contributed by atoms with Crippen LogP contribution in [-0.2, 0) is 0 Å². The summed E-state index contributed by atoms with van der Waals surface area (Å²) in [6.45, 7) is 5.66. The minimum Gasteiger partial charge on any atom is -0.456 e. The first-order chi connectivity index (χ1) is 9.01. The molecule has 0 aliphatic carbocycles. The van der Waals surface area contributed by atoms with Crippen molar-refractivity contribution < 1.29 is 4.74 Å². The van der Waals surface area contributed by atoms with Crippen LogP contribution in [0.1, 0.15) is 22.5 Å². The molecule has 0 N–H and O–H groups in total. The Hall–Kier alpha value is -1.86. The van der Waals surface area contributed by atoms with Crippen LogP contribution in [0.4, 0.5) is 0 Å². The van der Waals surface area contributed by atoms with Gasteiger partial charge in [-0.05, 0) is 38.5 Å². The predicted octanol–water partition coefficient (Wildman–Crippen LogP) is 4.43. The molecule has 0 radical (unpaired) electrons. The fourth-order valence-electron chi connectivity index (χ4n) is 1.81. The molecule has 19 heavy (non-hydrogen) atoms. The number of nitrogens with zero attached hydrogens (tertiary/aromatic N) is 2. The maximum absolute atomic E-state index is 9.21. The molecule has 0 amide bonds. The van der Waals surface area contributed by atoms with Crippen LogP contribution in [0.5, 0.6) is 11.5 Å². The van der Waals surface area contributed by atoms with Gasteiger partial charge in [0.05, 0.1) is 5.69 Å². The number of rotatable bonds is 2. The molecule has 0 unspecified atom stereocenters. The van der Waals surface area contributed by atoms with Crippen molar-refractivity contribution in [1.29, 1.82) is 5.26 Å². The third kappa shape index (κ3) is 2.94. The van der Waals surface area contributed by atoms with E-state index in [9.17, 15) is 5.26 Å². The topological polar surface area (TPSA) is 45.9 Å². The highest BCUT2D eigenvalue weighted by molar-refractivity contribution is 9.10. The molecule has 2 aromatic rings. The zero-order valence-electron chi connectivity index (χ0n) is 11.0. The molecule has 4 heteroatoms. The van der Waals surface area contributed by atoms with Crippen LogP contribution in [0.15, 0.2) is 28.7 Å². The van der Waals surface area contributed by atoms with Crippen LogP contribution >= 0.6 is 15.9 Å². The number of aryl methyl sites for hydroxylation is 3. The lowest BCUT2D eigenvalue weighted by Gasteiger charge is -2.12. The highest BCUT2D eigenvalue weighted by Gasteiger charge is 2.11. The lowest BCUT2D eigenvalue weighted by molar-refractivity contribution is 0.475. The Labute approximate surface area is 121 Å². The second-order valence-electron chi connectivity index (χ2n) is 4.35. The van der Waals surface area contributed by atoms with Gasteiger partial charge >= 0.3 is 0 Å². The van der Waals surface area contributed by atoms with E-state index in [1.807, 2.05) is 39.0 Å². The van der Waals surface area contributed by atoms with Gasteiger partial charge in [-0.25, -0.2) is 0 Å². The number of benzene rings is 1. The summed E-state index contributed by atoms with van der Waals surface area (Å²) in [5.74, 6) is 1.28. The minimum atomic E-state index is 0.477. The van der Waals surface area contributed by atoms with Gasteiger partial charge in [-0.15, -0.1) is 0 Å². The molecule has 3 nitrogen and oxygen atoms in total. The van der Waals surface area contributed by atoms with Crippen molar-refractivity contribution in [3.63, 3.8) is 0 Å². The summed E-state index contributed by atoms with van der Waals surface area (Å²) in [5, 5.41) is 9.21. The standard InChI is InChI=1S/C15H13BrN2O/c1-9-4-5-12(16)7-14(9)19-15-6-10(2)18-11(3)13(15)8-17/h4-7H,1-3H3. The molecule has 0 atom stereocenters. The summed E-state index contributed by atoms with van der Waals surface area (Å²) in [7, 11) is 0. The molecular formula is C15H13BrN2O. The summed E-state index contributed by atoms with van der Waals surface area (Å²) in [6, 6.07) is 9.74. The van der Waals surface area contributed by atoms with Crippen LogP contribution < -0.4 is 4.74 Å². The third-order valence-electron chi connectivity index (χ3n) is 2.77. The summed E-state index contributed by atoms with van der Waals surface area (Å²) in [6.07, 6.45) is 0. The number of aromatic nitrogens is 1. The average molecular weight is 317 g/mol. The fraction of sp³-hybridized carbons (Fsp3) is 0.200. The van der Waals surface area contributed by atoms with Gasteiger partial charge < -0.3 is 4.74 Å². The number of ether oxygens (including phenoxy) is 1. The second-order valence-corrected chi connectivity index (χ2v) is 5.26. The molecule has 96 valence electrons. The first kappa shape index (κ1) is 13.6. The highest BCUT2D eigenvalue weighted by atomic mass is 79.9. The van der Waals surface area contributed by atoms with Crippen molar-refractivity contribution in [3.05, 3.63) is 51.3 Å². The van der Waals surface area contributed by atoms with Gasteiger partial charge in [0.15, 0.2) is 0 Å². The van der Waals surface area contributed by atoms with Crippen molar-refractivity contribution in [1.82, 2.24) is 4.98 Å². The van der Waals surface area contributed by atoms with Crippen molar-refractivity contribution in [2.24, 2.45) is 0 Å². The van der Waals surface area contributed by atoms with E-state index >= 15 is 0 Å². The quantitative estimate of drug-likeness (QED) is 0.823. The van der Waals surface area contributed by atoms with Crippen LogP contribution in [0.3, 0.4) is 0 Å². The maximum Gasteiger partial charge on any atom is 0.148 e. The molecule has 1 aromatic carbocycles. The zero-order valence-corrected chi connectivity index (χ0v) is 12.6. The summed E-state index contributed by atoms with van der Waals surface area (Å²) >= 11 is 3.42. The Kier molecular flexibility index (Phi) is 3.87. The Morgan fingerprint density at radius 2 is 1.89 bits per heavy atom. The smallest absolute Gasteiger partial charge is 0.148 e. The van der Waals surface area contributed by atoms with Gasteiger partial charge in [0.2, 0.25) is 0 Å². The lowest BCUT2D eigenvalue weighted by Crippen LogP contribution is -1.97. The Morgan fingerprint density at radius 3 is 2.58 bits per heavy atom. The maximum atomic E-state index is 9.21. The van der Waals surface area contributed by atoms with E-state index < -0.39 is 0 Å². The zero-order chi connectivity index (χ0) is 14.0. The molecule has 0 aliphatic heterocycles. The van der Waals surface area contributed by atoms with Crippen LogP contribution in [0.25, 0.3) is 0 Å². The average Bonchev–Trinajstić information content (AvgIpc) is 2.33. The van der Waals surface area contributed by atoms with Gasteiger partial charge in [-0.3, -0.25) is 4.98 Å². The van der Waals surface area contributed by atoms with Gasteiger partial charge in [-0.1, -0.05) is 22.0 Å². The lowest BCUT2D eigenvalue weighted by atomic mass is 10.1. The van der Waals surface area contributed by atoms with Crippen molar-refractivity contribution in [2.75, 3.05) is 0 Å². The first-order valence-corrected chi connectivity index (χ1v) is 6.63. The molecule has 2 rings (SSSR count). The normalized spacial score (nSPS) is 10.1. The number of halogens is 1.